The number of likely N-dealkylation sites (tertiary alicyclic amines) is 1. The Hall–Kier alpha value is -1.93. The zero-order valence-electron chi connectivity index (χ0n) is 14.6. The lowest BCUT2D eigenvalue weighted by atomic mass is 10.2. The summed E-state index contributed by atoms with van der Waals surface area (Å²) in [4.78, 5) is 26.1. The van der Waals surface area contributed by atoms with Gasteiger partial charge < -0.3 is 14.5 Å². The number of rotatable bonds is 8. The molecule has 2 saturated heterocycles. The molecule has 2 bridgehead atoms. The Morgan fingerprint density at radius 3 is 3.08 bits per heavy atom. The number of hydrogen-bond acceptors (Lipinski definition) is 6. The molecule has 2 aromatic heterocycles. The van der Waals surface area contributed by atoms with Crippen molar-refractivity contribution in [3.8, 4) is 6.01 Å². The molecular formula is C17H25N5O3. The minimum absolute atomic E-state index is 0.138. The van der Waals surface area contributed by atoms with Crippen LogP contribution in [0.2, 0.25) is 0 Å². The molecule has 2 aromatic rings. The third-order valence-corrected chi connectivity index (χ3v) is 5.06. The molecule has 25 heavy (non-hydrogen) atoms. The van der Waals surface area contributed by atoms with Crippen LogP contribution in [0.4, 0.5) is 0 Å². The molecule has 2 unspecified atom stereocenters. The molecule has 4 rings (SSSR count). The lowest BCUT2D eigenvalue weighted by molar-refractivity contribution is 0.0298. The summed E-state index contributed by atoms with van der Waals surface area (Å²) in [6.07, 6.45) is 6.11. The quantitative estimate of drug-likeness (QED) is 0.722. The number of unbranched alkanes of at least 4 members (excludes halogenated alkanes) is 1. The van der Waals surface area contributed by atoms with Crippen molar-refractivity contribution < 1.29 is 9.47 Å². The second kappa shape index (κ2) is 7.13. The number of aromatic amines is 1. The maximum absolute atomic E-state index is 12.2. The number of aromatic nitrogens is 4. The number of imidazole rings is 1. The molecule has 2 atom stereocenters. The van der Waals surface area contributed by atoms with Gasteiger partial charge in [0.25, 0.3) is 0 Å². The van der Waals surface area contributed by atoms with E-state index in [0.717, 1.165) is 45.4 Å². The lowest BCUT2D eigenvalue weighted by Crippen LogP contribution is -2.38. The summed E-state index contributed by atoms with van der Waals surface area (Å²) in [6.45, 7) is 6.19. The molecule has 0 spiro atoms. The van der Waals surface area contributed by atoms with Crippen molar-refractivity contribution in [2.45, 2.75) is 51.3 Å². The van der Waals surface area contributed by atoms with Gasteiger partial charge in [-0.3, -0.25) is 9.47 Å². The van der Waals surface area contributed by atoms with Crippen molar-refractivity contribution in [2.24, 2.45) is 0 Å². The SMILES string of the molecule is CCCCOc1ncc2[nH]c(=O)n(CCCN3CC4CC3CO4)c2n1. The first-order valence-electron chi connectivity index (χ1n) is 9.18. The summed E-state index contributed by atoms with van der Waals surface area (Å²) in [5.74, 6) is 0. The van der Waals surface area contributed by atoms with E-state index in [1.165, 1.54) is 0 Å². The van der Waals surface area contributed by atoms with Gasteiger partial charge in [0.05, 0.1) is 25.5 Å². The van der Waals surface area contributed by atoms with E-state index in [2.05, 4.69) is 26.8 Å². The fraction of sp³-hybridized carbons (Fsp3) is 0.706. The van der Waals surface area contributed by atoms with Crippen LogP contribution in [0.25, 0.3) is 11.2 Å². The summed E-state index contributed by atoms with van der Waals surface area (Å²) in [5, 5.41) is 0. The van der Waals surface area contributed by atoms with Gasteiger partial charge in [-0.25, -0.2) is 9.78 Å². The van der Waals surface area contributed by atoms with E-state index in [4.69, 9.17) is 9.47 Å². The number of morpholine rings is 1. The molecule has 0 amide bonds. The van der Waals surface area contributed by atoms with Crippen molar-refractivity contribution >= 4 is 11.2 Å². The van der Waals surface area contributed by atoms with Crippen molar-refractivity contribution in [2.75, 3.05) is 26.3 Å². The molecule has 136 valence electrons. The molecule has 0 aliphatic carbocycles. The van der Waals surface area contributed by atoms with Crippen LogP contribution in [0, 0.1) is 0 Å². The first kappa shape index (κ1) is 16.5. The highest BCUT2D eigenvalue weighted by atomic mass is 16.5. The van der Waals surface area contributed by atoms with Gasteiger partial charge in [0, 0.05) is 25.7 Å². The Kier molecular flexibility index (Phi) is 4.72. The molecule has 0 saturated carbocycles. The minimum Gasteiger partial charge on any atom is -0.463 e. The van der Waals surface area contributed by atoms with Gasteiger partial charge in [0.2, 0.25) is 0 Å². The summed E-state index contributed by atoms with van der Waals surface area (Å²) in [7, 11) is 0. The molecule has 8 heteroatoms. The number of fused-ring (bicyclic) bond motifs is 3. The highest BCUT2D eigenvalue weighted by Gasteiger charge is 2.38. The van der Waals surface area contributed by atoms with E-state index in [9.17, 15) is 4.79 Å². The molecule has 0 aromatic carbocycles. The van der Waals surface area contributed by atoms with Crippen molar-refractivity contribution in [1.82, 2.24) is 24.4 Å². The molecule has 2 aliphatic heterocycles. The number of H-pyrrole nitrogens is 1. The zero-order valence-corrected chi connectivity index (χ0v) is 14.6. The first-order valence-corrected chi connectivity index (χ1v) is 9.18. The second-order valence-electron chi connectivity index (χ2n) is 6.87. The van der Waals surface area contributed by atoms with Crippen molar-refractivity contribution in [3.05, 3.63) is 16.7 Å². The van der Waals surface area contributed by atoms with Crippen molar-refractivity contribution in [1.29, 1.82) is 0 Å². The maximum Gasteiger partial charge on any atom is 0.327 e. The Morgan fingerprint density at radius 2 is 2.32 bits per heavy atom. The average molecular weight is 347 g/mol. The fourth-order valence-corrected chi connectivity index (χ4v) is 3.70. The zero-order chi connectivity index (χ0) is 17.2. The number of hydrogen-bond donors (Lipinski definition) is 1. The van der Waals surface area contributed by atoms with E-state index >= 15 is 0 Å². The molecule has 2 fully saturated rings. The van der Waals surface area contributed by atoms with Crippen LogP contribution in [0.1, 0.15) is 32.6 Å². The summed E-state index contributed by atoms with van der Waals surface area (Å²) in [6, 6.07) is 0.897. The topological polar surface area (TPSA) is 85.3 Å². The van der Waals surface area contributed by atoms with Gasteiger partial charge in [0.15, 0.2) is 5.65 Å². The molecule has 4 heterocycles. The maximum atomic E-state index is 12.2. The predicted octanol–water partition coefficient (Wildman–Crippen LogP) is 1.16. The van der Waals surface area contributed by atoms with E-state index in [1.807, 2.05) is 0 Å². The molecule has 8 nitrogen and oxygen atoms in total. The predicted molar refractivity (Wildman–Crippen MR) is 92.9 cm³/mol. The average Bonchev–Trinajstić information content (AvgIpc) is 3.30. The van der Waals surface area contributed by atoms with Crippen LogP contribution < -0.4 is 10.4 Å². The fourth-order valence-electron chi connectivity index (χ4n) is 3.70. The highest BCUT2D eigenvalue weighted by Crippen LogP contribution is 2.27. The van der Waals surface area contributed by atoms with Crippen LogP contribution in [0.5, 0.6) is 6.01 Å². The smallest absolute Gasteiger partial charge is 0.327 e. The van der Waals surface area contributed by atoms with E-state index in [1.54, 1.807) is 10.8 Å². The number of nitrogens with one attached hydrogen (secondary N) is 1. The van der Waals surface area contributed by atoms with Crippen LogP contribution >= 0.6 is 0 Å². The van der Waals surface area contributed by atoms with Gasteiger partial charge >= 0.3 is 11.7 Å². The number of aryl methyl sites for hydroxylation is 1. The van der Waals surface area contributed by atoms with E-state index < -0.39 is 0 Å². The summed E-state index contributed by atoms with van der Waals surface area (Å²) in [5.41, 5.74) is 1.14. The third-order valence-electron chi connectivity index (χ3n) is 5.06. The molecule has 1 N–H and O–H groups in total. The van der Waals surface area contributed by atoms with Gasteiger partial charge in [0.1, 0.15) is 5.52 Å². The van der Waals surface area contributed by atoms with Gasteiger partial charge in [-0.2, -0.15) is 4.98 Å². The van der Waals surface area contributed by atoms with E-state index in [-0.39, 0.29) is 5.69 Å². The number of nitrogens with zero attached hydrogens (tertiary/aromatic N) is 4. The summed E-state index contributed by atoms with van der Waals surface area (Å²) >= 11 is 0. The first-order chi connectivity index (χ1) is 12.2. The highest BCUT2D eigenvalue weighted by molar-refractivity contribution is 5.69. The monoisotopic (exact) mass is 347 g/mol. The minimum atomic E-state index is -0.138. The molecule has 2 aliphatic rings. The molecule has 0 radical (unpaired) electrons. The Balaban J connectivity index is 1.42. The third kappa shape index (κ3) is 3.41. The summed E-state index contributed by atoms with van der Waals surface area (Å²) < 4.78 is 12.9. The standard InChI is InChI=1S/C17H25N5O3/c1-2-3-7-24-16-18-9-14-15(20-16)22(17(23)19-14)6-4-5-21-10-13-8-12(21)11-25-13/h9,12-13H,2-8,10-11H2,1H3,(H,19,23). The number of ether oxygens (including phenoxy) is 2. The Bertz CT molecular complexity index is 786. The van der Waals surface area contributed by atoms with Crippen LogP contribution in [-0.4, -0.2) is 62.9 Å². The molecular weight excluding hydrogens is 322 g/mol. The van der Waals surface area contributed by atoms with Crippen LogP contribution in [0.3, 0.4) is 0 Å². The second-order valence-corrected chi connectivity index (χ2v) is 6.87. The largest absolute Gasteiger partial charge is 0.463 e. The Morgan fingerprint density at radius 1 is 1.40 bits per heavy atom. The van der Waals surface area contributed by atoms with Gasteiger partial charge in [-0.15, -0.1) is 0 Å². The normalized spacial score (nSPS) is 22.9. The van der Waals surface area contributed by atoms with Gasteiger partial charge in [-0.05, 0) is 19.3 Å². The lowest BCUT2D eigenvalue weighted by Gasteiger charge is -2.26. The van der Waals surface area contributed by atoms with Gasteiger partial charge in [-0.1, -0.05) is 13.3 Å². The van der Waals surface area contributed by atoms with Crippen LogP contribution in [-0.2, 0) is 11.3 Å². The Labute approximate surface area is 146 Å². The van der Waals surface area contributed by atoms with Crippen LogP contribution in [0.15, 0.2) is 11.0 Å². The van der Waals surface area contributed by atoms with E-state index in [0.29, 0.717) is 42.5 Å². The van der Waals surface area contributed by atoms with Crippen molar-refractivity contribution in [3.63, 3.8) is 0 Å².